The van der Waals surface area contributed by atoms with Crippen LogP contribution >= 0.6 is 0 Å². The summed E-state index contributed by atoms with van der Waals surface area (Å²) >= 11 is 0.0549. The van der Waals surface area contributed by atoms with Crippen LogP contribution < -0.4 is 4.46 Å². The number of aliphatic imine (C=N–C) groups is 1. The first-order chi connectivity index (χ1) is 14.3. The summed E-state index contributed by atoms with van der Waals surface area (Å²) in [4.78, 5) is 17.6. The van der Waals surface area contributed by atoms with Gasteiger partial charge in [0, 0.05) is 0 Å². The molecular formula is C25H25NO2Se. The minimum absolute atomic E-state index is 0.00932. The van der Waals surface area contributed by atoms with Crippen molar-refractivity contribution in [2.75, 3.05) is 6.61 Å². The summed E-state index contributed by atoms with van der Waals surface area (Å²) in [6.45, 7) is 2.66. The first kappa shape index (κ1) is 21.0. The van der Waals surface area contributed by atoms with Crippen LogP contribution in [-0.2, 0) is 22.5 Å². The molecule has 0 aromatic heterocycles. The van der Waals surface area contributed by atoms with Crippen molar-refractivity contribution < 1.29 is 9.53 Å². The molecule has 1 atom stereocenters. The minimum atomic E-state index is -0.304. The van der Waals surface area contributed by atoms with Gasteiger partial charge in [-0.15, -0.1) is 0 Å². The van der Waals surface area contributed by atoms with E-state index in [4.69, 9.17) is 9.73 Å². The summed E-state index contributed by atoms with van der Waals surface area (Å²) in [5, 5.41) is 0. The van der Waals surface area contributed by atoms with Crippen LogP contribution in [0.5, 0.6) is 0 Å². The van der Waals surface area contributed by atoms with Crippen molar-refractivity contribution in [3.05, 3.63) is 102 Å². The Hall–Kier alpha value is -2.68. The SMILES string of the molecule is CCOC(=O)C(=NCc1ccccc1)C(Cc1ccccc1)[Se]c1ccccc1. The number of nitrogens with zero attached hydrogens (tertiary/aromatic N) is 1. The van der Waals surface area contributed by atoms with Gasteiger partial charge in [0.25, 0.3) is 0 Å². The standard InChI is InChI=1S/C25H25NO2Se/c1-2-28-25(27)24(26-19-21-14-8-4-9-15-21)23(18-20-12-6-3-7-13-20)29-22-16-10-5-11-17-22/h3-17,23H,2,18-19H2,1H3. The molecule has 3 aromatic rings. The van der Waals surface area contributed by atoms with Crippen molar-refractivity contribution in [3.8, 4) is 0 Å². The van der Waals surface area contributed by atoms with E-state index in [2.05, 4.69) is 24.3 Å². The summed E-state index contributed by atoms with van der Waals surface area (Å²) in [6.07, 6.45) is 0.766. The molecule has 0 saturated heterocycles. The quantitative estimate of drug-likeness (QED) is 0.278. The fraction of sp³-hybridized carbons (Fsp3) is 0.200. The average Bonchev–Trinajstić information content (AvgIpc) is 2.76. The van der Waals surface area contributed by atoms with Crippen molar-refractivity contribution in [2.24, 2.45) is 4.99 Å². The second-order valence-corrected chi connectivity index (χ2v) is 9.19. The van der Waals surface area contributed by atoms with Crippen molar-refractivity contribution >= 4 is 31.1 Å². The molecule has 0 amide bonds. The third-order valence-corrected chi connectivity index (χ3v) is 6.91. The van der Waals surface area contributed by atoms with Gasteiger partial charge in [0.2, 0.25) is 0 Å². The van der Waals surface area contributed by atoms with Gasteiger partial charge in [-0.2, -0.15) is 0 Å². The third kappa shape index (κ3) is 6.70. The Morgan fingerprint density at radius 3 is 2.00 bits per heavy atom. The van der Waals surface area contributed by atoms with Gasteiger partial charge in [-0.1, -0.05) is 0 Å². The number of carbonyl (C=O) groups excluding carboxylic acids is 1. The zero-order valence-corrected chi connectivity index (χ0v) is 18.2. The topological polar surface area (TPSA) is 38.7 Å². The number of rotatable bonds is 9. The van der Waals surface area contributed by atoms with Gasteiger partial charge in [-0.3, -0.25) is 0 Å². The maximum absolute atomic E-state index is 12.8. The molecule has 3 aromatic carbocycles. The average molecular weight is 450 g/mol. The fourth-order valence-electron chi connectivity index (χ4n) is 2.95. The zero-order valence-electron chi connectivity index (χ0n) is 16.5. The summed E-state index contributed by atoms with van der Waals surface area (Å²) in [5.74, 6) is -0.304. The molecule has 0 radical (unpaired) electrons. The van der Waals surface area contributed by atoms with E-state index in [0.29, 0.717) is 18.9 Å². The van der Waals surface area contributed by atoms with Gasteiger partial charge in [0.05, 0.1) is 0 Å². The zero-order chi connectivity index (χ0) is 20.3. The Bertz CT molecular complexity index is 870. The van der Waals surface area contributed by atoms with E-state index in [1.54, 1.807) is 0 Å². The first-order valence-electron chi connectivity index (χ1n) is 9.77. The van der Waals surface area contributed by atoms with Gasteiger partial charge >= 0.3 is 179 Å². The van der Waals surface area contributed by atoms with E-state index in [9.17, 15) is 4.79 Å². The third-order valence-electron chi connectivity index (χ3n) is 4.35. The molecule has 0 heterocycles. The number of ether oxygens (including phenoxy) is 1. The number of benzene rings is 3. The molecule has 1 unspecified atom stereocenters. The number of carbonyl (C=O) groups is 1. The summed E-state index contributed by atoms with van der Waals surface area (Å²) < 4.78 is 6.64. The van der Waals surface area contributed by atoms with Crippen LogP contribution in [0.1, 0.15) is 18.1 Å². The molecular weight excluding hydrogens is 425 g/mol. The van der Waals surface area contributed by atoms with Gasteiger partial charge < -0.3 is 0 Å². The normalized spacial score (nSPS) is 12.4. The van der Waals surface area contributed by atoms with Gasteiger partial charge in [0.1, 0.15) is 0 Å². The summed E-state index contributed by atoms with van der Waals surface area (Å²) in [7, 11) is 0. The van der Waals surface area contributed by atoms with Crippen LogP contribution in [0.25, 0.3) is 0 Å². The Balaban J connectivity index is 1.92. The Kier molecular flexibility index (Phi) is 8.24. The van der Waals surface area contributed by atoms with Crippen LogP contribution in [0.2, 0.25) is 4.82 Å². The number of hydrogen-bond donors (Lipinski definition) is 0. The van der Waals surface area contributed by atoms with Crippen LogP contribution in [0.15, 0.2) is 96.0 Å². The van der Waals surface area contributed by atoms with Crippen molar-refractivity contribution in [1.29, 1.82) is 0 Å². The maximum atomic E-state index is 12.8. The Morgan fingerprint density at radius 2 is 1.41 bits per heavy atom. The number of hydrogen-bond acceptors (Lipinski definition) is 3. The first-order valence-corrected chi connectivity index (χ1v) is 11.6. The van der Waals surface area contributed by atoms with E-state index in [1.807, 2.05) is 73.7 Å². The number of esters is 1. The van der Waals surface area contributed by atoms with E-state index in [0.717, 1.165) is 12.0 Å². The van der Waals surface area contributed by atoms with Crippen LogP contribution in [-0.4, -0.2) is 33.2 Å². The molecule has 3 nitrogen and oxygen atoms in total. The summed E-state index contributed by atoms with van der Waals surface area (Å²) in [6, 6.07) is 30.7. The van der Waals surface area contributed by atoms with Crippen LogP contribution in [0.3, 0.4) is 0 Å². The molecule has 29 heavy (non-hydrogen) atoms. The molecule has 0 aliphatic carbocycles. The molecule has 0 saturated carbocycles. The predicted molar refractivity (Wildman–Crippen MR) is 120 cm³/mol. The van der Waals surface area contributed by atoms with Gasteiger partial charge in [0.15, 0.2) is 0 Å². The second kappa shape index (κ2) is 11.4. The van der Waals surface area contributed by atoms with Crippen LogP contribution in [0.4, 0.5) is 0 Å². The fourth-order valence-corrected chi connectivity index (χ4v) is 5.47. The molecule has 148 valence electrons. The van der Waals surface area contributed by atoms with E-state index in [1.165, 1.54) is 10.0 Å². The van der Waals surface area contributed by atoms with Crippen molar-refractivity contribution in [1.82, 2.24) is 0 Å². The Labute approximate surface area is 179 Å². The molecule has 0 aliphatic heterocycles. The Morgan fingerprint density at radius 1 is 0.862 bits per heavy atom. The second-order valence-electron chi connectivity index (χ2n) is 6.52. The predicted octanol–water partition coefficient (Wildman–Crippen LogP) is 4.25. The van der Waals surface area contributed by atoms with Crippen LogP contribution in [0, 0.1) is 0 Å². The summed E-state index contributed by atoms with van der Waals surface area (Å²) in [5.41, 5.74) is 2.83. The van der Waals surface area contributed by atoms with Gasteiger partial charge in [-0.05, 0) is 0 Å². The van der Waals surface area contributed by atoms with Crippen molar-refractivity contribution in [2.45, 2.75) is 24.7 Å². The molecule has 0 fully saturated rings. The molecule has 3 rings (SSSR count). The monoisotopic (exact) mass is 451 g/mol. The van der Waals surface area contributed by atoms with E-state index in [-0.39, 0.29) is 25.7 Å². The molecule has 0 spiro atoms. The molecule has 0 aliphatic rings. The van der Waals surface area contributed by atoms with E-state index >= 15 is 0 Å². The van der Waals surface area contributed by atoms with Gasteiger partial charge in [-0.25, -0.2) is 0 Å². The molecule has 0 N–H and O–H groups in total. The molecule has 0 bridgehead atoms. The van der Waals surface area contributed by atoms with Crippen molar-refractivity contribution in [3.63, 3.8) is 0 Å². The van der Waals surface area contributed by atoms with E-state index < -0.39 is 0 Å². The molecule has 4 heteroatoms.